The van der Waals surface area contributed by atoms with Crippen LogP contribution in [-0.4, -0.2) is 18.7 Å². The standard InChI is InChI=1S/C61H54N4O.Pt/c1-60(2,3)44-33-34-62-58(37-44)65-54-26-16-14-24-48(54)49-32-31-47(39-57(49)65)66-46-30-29-43-23-13-15-25-53(50(43)38-46)63-40-64(56-28-18-17-27-55(56)63)59-51(41-19-9-7-10-20-41)35-45(61(4,5)6)36-52(59)42-21-11-8-12-22-42;/h7-12,14,16-22,24,26-37,53H,13,15,23,25H2,1-6H3;/q-2;/i14D,16D,24D,26D;. The molecule has 5 nitrogen and oxygen atoms in total. The predicted octanol–water partition coefficient (Wildman–Crippen LogP) is 15.6. The van der Waals surface area contributed by atoms with Gasteiger partial charge in [-0.2, -0.15) is 0 Å². The van der Waals surface area contributed by atoms with Crippen LogP contribution in [0.5, 0.6) is 11.5 Å². The van der Waals surface area contributed by atoms with Gasteiger partial charge in [0.2, 0.25) is 0 Å². The van der Waals surface area contributed by atoms with Crippen LogP contribution in [0.3, 0.4) is 0 Å². The molecule has 0 saturated heterocycles. The van der Waals surface area contributed by atoms with Crippen molar-refractivity contribution in [3.8, 4) is 45.3 Å². The number of rotatable bonds is 7. The number of nitrogens with zero attached hydrogens (tertiary/aromatic N) is 4. The molecular formula is C61H54N4OPt-2. The molecule has 0 saturated carbocycles. The SMILES string of the molecule is [2H]c1c([2H])c([2H])c2c(c1[2H])c1ccc(Oc3[c-]c4c(cc3)CCCCC4n3[c](=[Pt])n(-c4c(-c5ccccc5)cc(C(C)(C)C)cc4-c4ccccc4)c4ccccc43)[c-]c1n2-c1cc(C(C)(C)C)ccn1. The summed E-state index contributed by atoms with van der Waals surface area (Å²) in [5, 5.41) is 1.05. The predicted molar refractivity (Wildman–Crippen MR) is 271 cm³/mol. The quantitative estimate of drug-likeness (QED) is 0.118. The van der Waals surface area contributed by atoms with Gasteiger partial charge in [0.05, 0.1) is 5.48 Å². The summed E-state index contributed by atoms with van der Waals surface area (Å²) in [5.41, 5.74) is 13.4. The van der Waals surface area contributed by atoms with E-state index in [0.29, 0.717) is 39.1 Å². The summed E-state index contributed by atoms with van der Waals surface area (Å²) >= 11 is 2.57. The average molecular weight is 1060 g/mol. The molecule has 0 fully saturated rings. The normalized spacial score (nSPS) is 15.3. The Morgan fingerprint density at radius 3 is 1.99 bits per heavy atom. The van der Waals surface area contributed by atoms with Gasteiger partial charge in [0.25, 0.3) is 0 Å². The summed E-state index contributed by atoms with van der Waals surface area (Å²) < 4.78 is 50.1. The van der Waals surface area contributed by atoms with E-state index in [0.717, 1.165) is 68.5 Å². The first-order valence-corrected chi connectivity index (χ1v) is 24.4. The first-order chi connectivity index (χ1) is 34.1. The smallest absolute Gasteiger partial charge is 0.239 e. The molecule has 1 aliphatic carbocycles. The minimum absolute atomic E-state index is 0.0526. The second kappa shape index (κ2) is 17.0. The molecule has 3 aromatic heterocycles. The monoisotopic (exact) mass is 1060 g/mol. The molecule has 0 aliphatic heterocycles. The van der Waals surface area contributed by atoms with E-state index >= 15 is 0 Å². The van der Waals surface area contributed by atoms with Crippen molar-refractivity contribution in [2.45, 2.75) is 84.1 Å². The summed E-state index contributed by atoms with van der Waals surface area (Å²) in [4.78, 5) is 4.77. The van der Waals surface area contributed by atoms with Crippen molar-refractivity contribution >= 4 is 32.8 Å². The third kappa shape index (κ3) is 7.81. The molecular weight excluding hydrogens is 1000 g/mol. The molecule has 7 aromatic carbocycles. The van der Waals surface area contributed by atoms with Gasteiger partial charge < -0.3 is 0 Å². The van der Waals surface area contributed by atoms with Crippen molar-refractivity contribution in [3.63, 3.8) is 0 Å². The Labute approximate surface area is 410 Å². The first-order valence-electron chi connectivity index (χ1n) is 25.2. The van der Waals surface area contributed by atoms with E-state index in [1.165, 1.54) is 22.3 Å². The average Bonchev–Trinajstić information content (AvgIpc) is 3.77. The van der Waals surface area contributed by atoms with Crippen LogP contribution in [0.4, 0.5) is 0 Å². The fourth-order valence-corrected chi connectivity index (χ4v) is 11.0. The Morgan fingerprint density at radius 1 is 0.642 bits per heavy atom. The van der Waals surface area contributed by atoms with Crippen LogP contribution in [0.1, 0.15) is 94.6 Å². The third-order valence-electron chi connectivity index (χ3n) is 13.3. The number of imidazole rings is 1. The summed E-state index contributed by atoms with van der Waals surface area (Å²) in [6.45, 7) is 13.3. The van der Waals surface area contributed by atoms with Crippen molar-refractivity contribution in [1.82, 2.24) is 18.7 Å². The number of aromatic nitrogens is 4. The van der Waals surface area contributed by atoms with Crippen LogP contribution in [0.25, 0.3) is 66.6 Å². The number of pyridine rings is 1. The summed E-state index contributed by atoms with van der Waals surface area (Å²) in [6.07, 6.45) is 5.72. The van der Waals surface area contributed by atoms with Gasteiger partial charge in [-0.3, -0.25) is 0 Å². The molecule has 336 valence electrons. The maximum atomic E-state index is 9.11. The van der Waals surface area contributed by atoms with Gasteiger partial charge in [0.15, 0.2) is 0 Å². The van der Waals surface area contributed by atoms with E-state index in [2.05, 4.69) is 185 Å². The minimum atomic E-state index is -0.299. The third-order valence-corrected chi connectivity index (χ3v) is 14.4. The first kappa shape index (κ1) is 38.5. The fourth-order valence-electron chi connectivity index (χ4n) is 9.81. The van der Waals surface area contributed by atoms with E-state index in [1.54, 1.807) is 10.8 Å². The molecule has 0 N–H and O–H groups in total. The molecule has 1 atom stereocenters. The van der Waals surface area contributed by atoms with E-state index in [9.17, 15) is 0 Å². The van der Waals surface area contributed by atoms with Crippen molar-refractivity contribution in [2.24, 2.45) is 0 Å². The molecule has 10 aromatic rings. The molecule has 0 radical (unpaired) electrons. The van der Waals surface area contributed by atoms with Gasteiger partial charge in [-0.15, -0.1) is 0 Å². The molecule has 0 bridgehead atoms. The van der Waals surface area contributed by atoms with Crippen LogP contribution in [-0.2, 0) is 36.6 Å². The Bertz CT molecular complexity index is 3730. The number of ether oxygens (including phenoxy) is 1. The Kier molecular flexibility index (Phi) is 9.75. The number of fused-ring (bicyclic) bond motifs is 5. The zero-order chi connectivity index (χ0) is 49.5. The molecule has 11 rings (SSSR count). The second-order valence-electron chi connectivity index (χ2n) is 19.8. The van der Waals surface area contributed by atoms with Crippen LogP contribution >= 0.6 is 0 Å². The number of hydrogen-bond donors (Lipinski definition) is 0. The number of benzene rings is 7. The van der Waals surface area contributed by atoms with Gasteiger partial charge in [0.1, 0.15) is 0 Å². The topological polar surface area (TPSA) is 36.9 Å². The van der Waals surface area contributed by atoms with Crippen molar-refractivity contribution in [2.75, 3.05) is 0 Å². The number of aryl methyl sites for hydroxylation is 1. The van der Waals surface area contributed by atoms with Crippen LogP contribution in [0, 0.1) is 15.9 Å². The molecule has 3 heterocycles. The Hall–Kier alpha value is -6.55. The molecule has 67 heavy (non-hydrogen) atoms. The van der Waals surface area contributed by atoms with Crippen molar-refractivity contribution in [3.05, 3.63) is 202 Å². The number of para-hydroxylation sites is 3. The molecule has 0 amide bonds. The molecule has 0 spiro atoms. The van der Waals surface area contributed by atoms with Crippen LogP contribution in [0.15, 0.2) is 164 Å². The van der Waals surface area contributed by atoms with Gasteiger partial charge in [0, 0.05) is 6.20 Å². The Balaban J connectivity index is 1.08. The summed E-state index contributed by atoms with van der Waals surface area (Å²) in [6, 6.07) is 53.5. The van der Waals surface area contributed by atoms with Crippen molar-refractivity contribution in [1.29, 1.82) is 0 Å². The maximum absolute atomic E-state index is 9.11. The fraction of sp³-hybridized carbons (Fsp3) is 0.213. The van der Waals surface area contributed by atoms with Gasteiger partial charge in [-0.25, -0.2) is 4.98 Å². The zero-order valence-corrected chi connectivity index (χ0v) is 41.0. The molecule has 1 unspecified atom stereocenters. The van der Waals surface area contributed by atoms with E-state index < -0.39 is 0 Å². The molecule has 6 heteroatoms. The van der Waals surface area contributed by atoms with E-state index in [-0.39, 0.29) is 41.0 Å². The Morgan fingerprint density at radius 2 is 1.28 bits per heavy atom. The van der Waals surface area contributed by atoms with Gasteiger partial charge in [-0.05, 0) is 29.2 Å². The summed E-state index contributed by atoms with van der Waals surface area (Å²) in [5.74, 6) is 1.53. The molecule has 1 aliphatic rings. The second-order valence-corrected chi connectivity index (χ2v) is 20.8. The minimum Gasteiger partial charge on any atom is -0.239 e. The number of hydrogen-bond acceptors (Lipinski definition) is 2. The summed E-state index contributed by atoms with van der Waals surface area (Å²) in [7, 11) is 0. The van der Waals surface area contributed by atoms with Gasteiger partial charge in [-0.1, -0.05) is 38.9 Å². The van der Waals surface area contributed by atoms with Crippen LogP contribution in [0.2, 0.25) is 0 Å². The van der Waals surface area contributed by atoms with E-state index in [1.807, 2.05) is 30.3 Å². The van der Waals surface area contributed by atoms with Gasteiger partial charge >= 0.3 is 328 Å². The van der Waals surface area contributed by atoms with E-state index in [4.69, 9.17) is 15.2 Å². The van der Waals surface area contributed by atoms with Crippen molar-refractivity contribution < 1.29 is 29.6 Å². The van der Waals surface area contributed by atoms with Crippen LogP contribution < -0.4 is 4.74 Å². The zero-order valence-electron chi connectivity index (χ0n) is 42.7.